The molecule has 2 aromatic carbocycles. The third kappa shape index (κ3) is 8.62. The van der Waals surface area contributed by atoms with E-state index >= 15 is 0 Å². The van der Waals surface area contributed by atoms with Crippen molar-refractivity contribution in [3.8, 4) is 11.5 Å². The van der Waals surface area contributed by atoms with E-state index < -0.39 is 0 Å². The topological polar surface area (TPSA) is 62.8 Å². The molecule has 0 radical (unpaired) electrons. The molecule has 0 aliphatic heterocycles. The van der Waals surface area contributed by atoms with Crippen LogP contribution in [-0.4, -0.2) is 38.5 Å². The summed E-state index contributed by atoms with van der Waals surface area (Å²) in [5.41, 5.74) is 1.85. The number of benzene rings is 2. The number of para-hydroxylation sites is 1. The number of rotatable bonds is 11. The largest absolute Gasteiger partial charge is 0.493 e. The molecule has 0 aromatic heterocycles. The van der Waals surface area contributed by atoms with Gasteiger partial charge in [-0.1, -0.05) is 41.4 Å². The van der Waals surface area contributed by atoms with E-state index in [4.69, 9.17) is 37.8 Å². The van der Waals surface area contributed by atoms with Gasteiger partial charge in [-0.15, -0.1) is 24.8 Å². The van der Waals surface area contributed by atoms with Gasteiger partial charge < -0.3 is 25.2 Å². The van der Waals surface area contributed by atoms with Gasteiger partial charge in [-0.05, 0) is 18.2 Å². The first-order chi connectivity index (χ1) is 12.7. The van der Waals surface area contributed by atoms with Crippen LogP contribution < -0.4 is 20.1 Å². The Kier molecular flexibility index (Phi) is 14.5. The first kappa shape index (κ1) is 27.1. The summed E-state index contributed by atoms with van der Waals surface area (Å²) in [6.45, 7) is 3.25. The van der Waals surface area contributed by atoms with Crippen molar-refractivity contribution in [3.05, 3.63) is 57.6 Å². The molecule has 5 nitrogen and oxygen atoms in total. The Morgan fingerprint density at radius 1 is 0.964 bits per heavy atom. The summed E-state index contributed by atoms with van der Waals surface area (Å²) in [5, 5.41) is 16.4. The third-order valence-corrected chi connectivity index (χ3v) is 4.34. The maximum atomic E-state index is 8.75. The van der Waals surface area contributed by atoms with Gasteiger partial charge in [-0.2, -0.15) is 0 Å². The molecular weight excluding hydrogens is 446 g/mol. The van der Waals surface area contributed by atoms with Crippen molar-refractivity contribution in [2.75, 3.05) is 33.4 Å². The van der Waals surface area contributed by atoms with Gasteiger partial charge in [0.15, 0.2) is 11.5 Å². The third-order valence-electron chi connectivity index (χ3n) is 3.75. The van der Waals surface area contributed by atoms with Gasteiger partial charge in [-0.25, -0.2) is 0 Å². The zero-order valence-corrected chi connectivity index (χ0v) is 18.7. The number of aliphatic hydroxyl groups is 1. The molecule has 0 aliphatic carbocycles. The van der Waals surface area contributed by atoms with Crippen molar-refractivity contribution in [3.63, 3.8) is 0 Å². The number of hydrogen-bond acceptors (Lipinski definition) is 5. The van der Waals surface area contributed by atoms with Crippen LogP contribution in [0.2, 0.25) is 10.0 Å². The molecule has 9 heteroatoms. The van der Waals surface area contributed by atoms with E-state index in [0.717, 1.165) is 24.2 Å². The molecule has 0 atom stereocenters. The van der Waals surface area contributed by atoms with Crippen molar-refractivity contribution in [2.24, 2.45) is 0 Å². The maximum absolute atomic E-state index is 8.75. The van der Waals surface area contributed by atoms with Crippen LogP contribution in [0.4, 0.5) is 0 Å². The van der Waals surface area contributed by atoms with Gasteiger partial charge in [0.05, 0.1) is 13.7 Å². The van der Waals surface area contributed by atoms with E-state index in [2.05, 4.69) is 10.6 Å². The van der Waals surface area contributed by atoms with E-state index in [1.807, 2.05) is 24.3 Å². The fourth-order valence-electron chi connectivity index (χ4n) is 2.42. The van der Waals surface area contributed by atoms with Crippen molar-refractivity contribution >= 4 is 48.0 Å². The SMILES string of the molecule is COc1cccc(CNCCNCCO)c1OCc1ccc(Cl)cc1Cl.Cl.Cl. The highest BCUT2D eigenvalue weighted by Gasteiger charge is 2.12. The summed E-state index contributed by atoms with van der Waals surface area (Å²) < 4.78 is 11.5. The number of nitrogens with one attached hydrogen (secondary N) is 2. The molecule has 0 heterocycles. The Bertz CT molecular complexity index is 705. The molecule has 0 saturated heterocycles. The summed E-state index contributed by atoms with van der Waals surface area (Å²) in [4.78, 5) is 0. The van der Waals surface area contributed by atoms with Gasteiger partial charge in [0.25, 0.3) is 0 Å². The first-order valence-electron chi connectivity index (χ1n) is 8.40. The number of aliphatic hydroxyl groups excluding tert-OH is 1. The smallest absolute Gasteiger partial charge is 0.166 e. The van der Waals surface area contributed by atoms with Crippen LogP contribution >= 0.6 is 48.0 Å². The van der Waals surface area contributed by atoms with Gasteiger partial charge in [0, 0.05) is 47.4 Å². The highest BCUT2D eigenvalue weighted by atomic mass is 35.5. The fraction of sp³-hybridized carbons (Fsp3) is 0.368. The molecule has 0 fully saturated rings. The van der Waals surface area contributed by atoms with Gasteiger partial charge in [-0.3, -0.25) is 0 Å². The predicted octanol–water partition coefficient (Wildman–Crippen LogP) is 4.10. The zero-order valence-electron chi connectivity index (χ0n) is 15.5. The van der Waals surface area contributed by atoms with Crippen LogP contribution in [0.1, 0.15) is 11.1 Å². The van der Waals surface area contributed by atoms with Crippen molar-refractivity contribution in [1.29, 1.82) is 0 Å². The molecular formula is C19H26Cl4N2O3. The Morgan fingerprint density at radius 3 is 2.39 bits per heavy atom. The Morgan fingerprint density at radius 2 is 1.71 bits per heavy atom. The lowest BCUT2D eigenvalue weighted by molar-refractivity contribution is 0.280. The van der Waals surface area contributed by atoms with Crippen LogP contribution in [0.3, 0.4) is 0 Å². The molecule has 2 aromatic rings. The lowest BCUT2D eigenvalue weighted by Crippen LogP contribution is -2.28. The minimum atomic E-state index is 0. The standard InChI is InChI=1S/C19H24Cl2N2O3.2ClH/c1-25-18-4-2-3-14(12-23-8-7-22-9-10-24)19(18)26-13-15-5-6-16(20)11-17(15)21;;/h2-6,11,22-24H,7-10,12-13H2,1H3;2*1H. The molecule has 0 aliphatic rings. The van der Waals surface area contributed by atoms with Crippen LogP contribution in [0.25, 0.3) is 0 Å². The minimum absolute atomic E-state index is 0. The minimum Gasteiger partial charge on any atom is -0.493 e. The molecule has 0 amide bonds. The summed E-state index contributed by atoms with van der Waals surface area (Å²) in [5.74, 6) is 1.37. The maximum Gasteiger partial charge on any atom is 0.166 e. The normalized spacial score (nSPS) is 10.0. The highest BCUT2D eigenvalue weighted by molar-refractivity contribution is 6.35. The second kappa shape index (κ2) is 15.0. The van der Waals surface area contributed by atoms with Gasteiger partial charge in [0.1, 0.15) is 6.61 Å². The molecule has 158 valence electrons. The molecule has 0 spiro atoms. The lowest BCUT2D eigenvalue weighted by atomic mass is 10.1. The second-order valence-corrected chi connectivity index (χ2v) is 6.47. The summed E-state index contributed by atoms with van der Waals surface area (Å²) in [7, 11) is 1.62. The average Bonchev–Trinajstić information content (AvgIpc) is 2.64. The zero-order chi connectivity index (χ0) is 18.8. The van der Waals surface area contributed by atoms with Crippen LogP contribution in [-0.2, 0) is 13.2 Å². The van der Waals surface area contributed by atoms with Crippen LogP contribution in [0.5, 0.6) is 11.5 Å². The lowest BCUT2D eigenvalue weighted by Gasteiger charge is -2.16. The summed E-state index contributed by atoms with van der Waals surface area (Å²) >= 11 is 12.2. The first-order valence-corrected chi connectivity index (χ1v) is 9.16. The number of hydrogen-bond donors (Lipinski definition) is 3. The summed E-state index contributed by atoms with van der Waals surface area (Å²) in [6, 6.07) is 11.1. The molecule has 3 N–H and O–H groups in total. The highest BCUT2D eigenvalue weighted by Crippen LogP contribution is 2.32. The predicted molar refractivity (Wildman–Crippen MR) is 120 cm³/mol. The molecule has 2 rings (SSSR count). The van der Waals surface area contributed by atoms with Crippen molar-refractivity contribution in [2.45, 2.75) is 13.2 Å². The molecule has 0 bridgehead atoms. The van der Waals surface area contributed by atoms with Crippen LogP contribution in [0.15, 0.2) is 36.4 Å². The van der Waals surface area contributed by atoms with E-state index in [9.17, 15) is 0 Å². The molecule has 0 saturated carbocycles. The Hall–Kier alpha value is -0.920. The van der Waals surface area contributed by atoms with Gasteiger partial charge in [0.2, 0.25) is 0 Å². The Labute approximate surface area is 188 Å². The van der Waals surface area contributed by atoms with E-state index in [1.54, 1.807) is 19.2 Å². The summed E-state index contributed by atoms with van der Waals surface area (Å²) in [6.07, 6.45) is 0. The molecule has 28 heavy (non-hydrogen) atoms. The van der Waals surface area contributed by atoms with Crippen molar-refractivity contribution in [1.82, 2.24) is 10.6 Å². The number of methoxy groups -OCH3 is 1. The van der Waals surface area contributed by atoms with E-state index in [1.165, 1.54) is 0 Å². The number of halogens is 4. The molecule has 0 unspecified atom stereocenters. The Balaban J connectivity index is 0.00000364. The monoisotopic (exact) mass is 470 g/mol. The van der Waals surface area contributed by atoms with E-state index in [-0.39, 0.29) is 31.4 Å². The second-order valence-electron chi connectivity index (χ2n) is 5.62. The average molecular weight is 472 g/mol. The van der Waals surface area contributed by atoms with E-state index in [0.29, 0.717) is 41.2 Å². The fourth-order valence-corrected chi connectivity index (χ4v) is 2.88. The quantitative estimate of drug-likeness (QED) is 0.430. The van der Waals surface area contributed by atoms with Gasteiger partial charge >= 0.3 is 0 Å². The van der Waals surface area contributed by atoms with Crippen molar-refractivity contribution < 1.29 is 14.6 Å². The van der Waals surface area contributed by atoms with Crippen LogP contribution in [0, 0.1) is 0 Å². The number of ether oxygens (including phenoxy) is 2.